The minimum Gasteiger partial charge on any atom is -0.497 e. The van der Waals surface area contributed by atoms with Gasteiger partial charge in [-0.05, 0) is 36.5 Å². The molecule has 0 spiro atoms. The maximum atomic E-state index is 5.90. The smallest absolute Gasteiger partial charge is 0.230 e. The van der Waals surface area contributed by atoms with Crippen molar-refractivity contribution in [1.82, 2.24) is 5.16 Å². The molecule has 0 aliphatic heterocycles. The highest BCUT2D eigenvalue weighted by Gasteiger charge is 2.16. The molecule has 102 valence electrons. The standard InChI is InChI=1S/C15H20N2O2/c1-10(2)7-8-13-14(15(16)19-17-13)11-5-4-6-12(9-11)18-3/h4-6,9-10H,7-8,16H2,1-3H3. The number of ether oxygens (including phenoxy) is 1. The Balaban J connectivity index is 2.34. The van der Waals surface area contributed by atoms with Gasteiger partial charge in [-0.2, -0.15) is 0 Å². The lowest BCUT2D eigenvalue weighted by atomic mass is 10.00. The number of aromatic nitrogens is 1. The number of benzene rings is 1. The Morgan fingerprint density at radius 2 is 2.16 bits per heavy atom. The zero-order valence-electron chi connectivity index (χ0n) is 11.6. The molecule has 0 bridgehead atoms. The van der Waals surface area contributed by atoms with E-state index in [4.69, 9.17) is 15.0 Å². The summed E-state index contributed by atoms with van der Waals surface area (Å²) in [5.74, 6) is 1.79. The second kappa shape index (κ2) is 5.78. The van der Waals surface area contributed by atoms with E-state index >= 15 is 0 Å². The maximum Gasteiger partial charge on any atom is 0.230 e. The Hall–Kier alpha value is -1.97. The summed E-state index contributed by atoms with van der Waals surface area (Å²) in [4.78, 5) is 0. The average molecular weight is 260 g/mol. The molecule has 1 aromatic carbocycles. The first kappa shape index (κ1) is 13.5. The van der Waals surface area contributed by atoms with E-state index in [0.29, 0.717) is 11.8 Å². The fraction of sp³-hybridized carbons (Fsp3) is 0.400. The van der Waals surface area contributed by atoms with Crippen LogP contribution >= 0.6 is 0 Å². The monoisotopic (exact) mass is 260 g/mol. The first-order valence-corrected chi connectivity index (χ1v) is 6.50. The van der Waals surface area contributed by atoms with E-state index in [0.717, 1.165) is 35.4 Å². The van der Waals surface area contributed by atoms with Crippen LogP contribution in [0.2, 0.25) is 0 Å². The van der Waals surface area contributed by atoms with Crippen LogP contribution in [0, 0.1) is 5.92 Å². The highest BCUT2D eigenvalue weighted by atomic mass is 16.5. The molecule has 0 amide bonds. The van der Waals surface area contributed by atoms with E-state index in [9.17, 15) is 0 Å². The van der Waals surface area contributed by atoms with Crippen molar-refractivity contribution in [3.63, 3.8) is 0 Å². The molecule has 0 aliphatic rings. The van der Waals surface area contributed by atoms with Crippen molar-refractivity contribution in [2.24, 2.45) is 5.92 Å². The van der Waals surface area contributed by atoms with Crippen LogP contribution in [0.1, 0.15) is 26.0 Å². The van der Waals surface area contributed by atoms with Crippen LogP contribution in [0.3, 0.4) is 0 Å². The molecule has 2 aromatic rings. The number of hydrogen-bond acceptors (Lipinski definition) is 4. The van der Waals surface area contributed by atoms with Crippen molar-refractivity contribution < 1.29 is 9.26 Å². The van der Waals surface area contributed by atoms with Gasteiger partial charge in [-0.1, -0.05) is 31.1 Å². The van der Waals surface area contributed by atoms with Crippen LogP contribution in [0.25, 0.3) is 11.1 Å². The van der Waals surface area contributed by atoms with Gasteiger partial charge in [-0.15, -0.1) is 0 Å². The van der Waals surface area contributed by atoms with Crippen molar-refractivity contribution in [1.29, 1.82) is 0 Å². The summed E-state index contributed by atoms with van der Waals surface area (Å²) < 4.78 is 10.4. The number of rotatable bonds is 5. The fourth-order valence-electron chi connectivity index (χ4n) is 2.02. The van der Waals surface area contributed by atoms with Crippen LogP contribution in [-0.4, -0.2) is 12.3 Å². The number of nitrogens with zero attached hydrogens (tertiary/aromatic N) is 1. The molecule has 1 aromatic heterocycles. The Kier molecular flexibility index (Phi) is 4.10. The van der Waals surface area contributed by atoms with E-state index < -0.39 is 0 Å². The number of nitrogens with two attached hydrogens (primary N) is 1. The molecule has 19 heavy (non-hydrogen) atoms. The predicted molar refractivity (Wildman–Crippen MR) is 76.1 cm³/mol. The summed E-state index contributed by atoms with van der Waals surface area (Å²) in [5.41, 5.74) is 8.69. The van der Waals surface area contributed by atoms with Gasteiger partial charge in [0, 0.05) is 0 Å². The first-order valence-electron chi connectivity index (χ1n) is 6.50. The maximum absolute atomic E-state index is 5.90. The molecular formula is C15H20N2O2. The van der Waals surface area contributed by atoms with Gasteiger partial charge in [-0.3, -0.25) is 0 Å². The van der Waals surface area contributed by atoms with E-state index in [1.54, 1.807) is 7.11 Å². The second-order valence-corrected chi connectivity index (χ2v) is 5.03. The van der Waals surface area contributed by atoms with Crippen molar-refractivity contribution in [3.8, 4) is 16.9 Å². The number of methoxy groups -OCH3 is 1. The molecule has 2 rings (SSSR count). The van der Waals surface area contributed by atoms with E-state index in [1.807, 2.05) is 24.3 Å². The number of hydrogen-bond donors (Lipinski definition) is 1. The third-order valence-corrected chi connectivity index (χ3v) is 3.11. The second-order valence-electron chi connectivity index (χ2n) is 5.03. The molecule has 0 unspecified atom stereocenters. The molecule has 2 N–H and O–H groups in total. The Labute approximate surface area is 113 Å². The van der Waals surface area contributed by atoms with Gasteiger partial charge in [0.05, 0.1) is 18.4 Å². The Bertz CT molecular complexity index is 547. The summed E-state index contributed by atoms with van der Waals surface area (Å²) in [6, 6.07) is 7.78. The summed E-state index contributed by atoms with van der Waals surface area (Å²) >= 11 is 0. The average Bonchev–Trinajstić information content (AvgIpc) is 2.77. The lowest BCUT2D eigenvalue weighted by Gasteiger charge is -2.06. The van der Waals surface area contributed by atoms with Gasteiger partial charge >= 0.3 is 0 Å². The van der Waals surface area contributed by atoms with Crippen LogP contribution in [0.15, 0.2) is 28.8 Å². The van der Waals surface area contributed by atoms with E-state index in [1.165, 1.54) is 0 Å². The molecule has 0 fully saturated rings. The lowest BCUT2D eigenvalue weighted by molar-refractivity contribution is 0.415. The van der Waals surface area contributed by atoms with Crippen molar-refractivity contribution in [2.75, 3.05) is 12.8 Å². The highest BCUT2D eigenvalue weighted by molar-refractivity contribution is 5.75. The third kappa shape index (κ3) is 3.08. The fourth-order valence-corrected chi connectivity index (χ4v) is 2.02. The third-order valence-electron chi connectivity index (χ3n) is 3.11. The summed E-state index contributed by atoms with van der Waals surface area (Å²) in [7, 11) is 1.65. The van der Waals surface area contributed by atoms with Gasteiger partial charge in [0.25, 0.3) is 0 Å². The Morgan fingerprint density at radius 3 is 2.84 bits per heavy atom. The van der Waals surface area contributed by atoms with Crippen molar-refractivity contribution in [2.45, 2.75) is 26.7 Å². The quantitative estimate of drug-likeness (QED) is 0.893. The zero-order chi connectivity index (χ0) is 13.8. The summed E-state index contributed by atoms with van der Waals surface area (Å²) in [6.45, 7) is 4.38. The molecule has 4 heteroatoms. The highest BCUT2D eigenvalue weighted by Crippen LogP contribution is 2.32. The largest absolute Gasteiger partial charge is 0.497 e. The van der Waals surface area contributed by atoms with Crippen molar-refractivity contribution in [3.05, 3.63) is 30.0 Å². The van der Waals surface area contributed by atoms with Gasteiger partial charge in [0.1, 0.15) is 5.75 Å². The minimum absolute atomic E-state index is 0.368. The number of anilines is 1. The molecular weight excluding hydrogens is 240 g/mol. The van der Waals surface area contributed by atoms with Crippen LogP contribution in [-0.2, 0) is 6.42 Å². The molecule has 0 atom stereocenters. The summed E-state index contributed by atoms with van der Waals surface area (Å²) in [6.07, 6.45) is 1.92. The minimum atomic E-state index is 0.368. The molecule has 0 saturated heterocycles. The van der Waals surface area contributed by atoms with Crippen molar-refractivity contribution >= 4 is 5.88 Å². The van der Waals surface area contributed by atoms with Gasteiger partial charge in [0.15, 0.2) is 0 Å². The SMILES string of the molecule is COc1cccc(-c2c(CCC(C)C)noc2N)c1. The first-order chi connectivity index (χ1) is 9.11. The molecule has 0 aliphatic carbocycles. The van der Waals surface area contributed by atoms with Crippen LogP contribution in [0.4, 0.5) is 5.88 Å². The summed E-state index contributed by atoms with van der Waals surface area (Å²) in [5, 5.41) is 4.08. The van der Waals surface area contributed by atoms with E-state index in [2.05, 4.69) is 19.0 Å². The topological polar surface area (TPSA) is 61.3 Å². The number of nitrogen functional groups attached to an aromatic ring is 1. The van der Waals surface area contributed by atoms with Crippen LogP contribution in [0.5, 0.6) is 5.75 Å². The zero-order valence-corrected chi connectivity index (χ0v) is 11.6. The molecule has 4 nitrogen and oxygen atoms in total. The van der Waals surface area contributed by atoms with E-state index in [-0.39, 0.29) is 0 Å². The molecule has 0 radical (unpaired) electrons. The molecule has 1 heterocycles. The molecule has 0 saturated carbocycles. The van der Waals surface area contributed by atoms with Gasteiger partial charge in [-0.25, -0.2) is 0 Å². The normalized spacial score (nSPS) is 10.9. The predicted octanol–water partition coefficient (Wildman–Crippen LogP) is 3.52. The van der Waals surface area contributed by atoms with Gasteiger partial charge in [0.2, 0.25) is 5.88 Å². The lowest BCUT2D eigenvalue weighted by Crippen LogP contribution is -1.95. The number of aryl methyl sites for hydroxylation is 1. The van der Waals surface area contributed by atoms with Gasteiger partial charge < -0.3 is 15.0 Å². The Morgan fingerprint density at radius 1 is 1.37 bits per heavy atom. The van der Waals surface area contributed by atoms with Crippen LogP contribution < -0.4 is 10.5 Å².